The molecule has 0 aliphatic carbocycles. The predicted octanol–water partition coefficient (Wildman–Crippen LogP) is 5.36. The molecule has 3 rings (SSSR count). The van der Waals surface area contributed by atoms with Gasteiger partial charge in [0, 0.05) is 28.2 Å². The highest BCUT2D eigenvalue weighted by atomic mass is 35.5. The summed E-state index contributed by atoms with van der Waals surface area (Å²) in [6, 6.07) is 6.38. The van der Waals surface area contributed by atoms with Gasteiger partial charge >= 0.3 is 0 Å². The first-order valence-corrected chi connectivity index (χ1v) is 7.98. The fourth-order valence-corrected chi connectivity index (χ4v) is 3.57. The van der Waals surface area contributed by atoms with E-state index >= 15 is 0 Å². The molecule has 0 bridgehead atoms. The Hall–Kier alpha value is -0.950. The molecule has 0 unspecified atom stereocenters. The fraction of sp³-hybridized carbons (Fsp3) is 0.529. The number of aromatic nitrogens is 1. The first-order valence-electron chi connectivity index (χ1n) is 7.60. The second-order valence-electron chi connectivity index (χ2n) is 5.65. The summed E-state index contributed by atoms with van der Waals surface area (Å²) >= 11 is 6.19. The third-order valence-corrected chi connectivity index (χ3v) is 4.56. The van der Waals surface area contributed by atoms with Crippen molar-refractivity contribution in [3.05, 3.63) is 34.5 Å². The molecule has 19 heavy (non-hydrogen) atoms. The number of hydrogen-bond acceptors (Lipinski definition) is 0. The van der Waals surface area contributed by atoms with E-state index in [1.54, 1.807) is 11.3 Å². The number of aryl methyl sites for hydroxylation is 2. The van der Waals surface area contributed by atoms with Crippen LogP contribution >= 0.6 is 11.6 Å². The van der Waals surface area contributed by atoms with Gasteiger partial charge < -0.3 is 4.57 Å². The van der Waals surface area contributed by atoms with Crippen LogP contribution in [0.3, 0.4) is 0 Å². The third-order valence-electron chi connectivity index (χ3n) is 4.32. The van der Waals surface area contributed by atoms with Crippen LogP contribution in [0.15, 0.2) is 18.2 Å². The Morgan fingerprint density at radius 3 is 2.95 bits per heavy atom. The Bertz CT molecular complexity index is 582. The number of hydrogen-bond donors (Lipinski definition) is 0. The van der Waals surface area contributed by atoms with Crippen LogP contribution in [0.2, 0.25) is 5.02 Å². The van der Waals surface area contributed by atoms with Gasteiger partial charge in [0.05, 0.1) is 0 Å². The SMILES string of the molecule is CCCCCCc1c2n(c3ccc(Cl)cc13)CCC2. The van der Waals surface area contributed by atoms with E-state index in [4.69, 9.17) is 11.6 Å². The van der Waals surface area contributed by atoms with Crippen molar-refractivity contribution in [1.29, 1.82) is 0 Å². The van der Waals surface area contributed by atoms with Gasteiger partial charge in [0.25, 0.3) is 0 Å². The highest BCUT2D eigenvalue weighted by Crippen LogP contribution is 2.34. The highest BCUT2D eigenvalue weighted by Gasteiger charge is 2.20. The molecule has 1 nitrogen and oxygen atoms in total. The van der Waals surface area contributed by atoms with Crippen molar-refractivity contribution < 1.29 is 0 Å². The summed E-state index contributed by atoms with van der Waals surface area (Å²) in [5, 5.41) is 2.27. The summed E-state index contributed by atoms with van der Waals surface area (Å²) in [4.78, 5) is 0. The van der Waals surface area contributed by atoms with E-state index < -0.39 is 0 Å². The second-order valence-corrected chi connectivity index (χ2v) is 6.09. The standard InChI is InChI=1S/C17H22ClN/c1-2-3-4-5-7-14-15-12-13(18)9-10-17(15)19-11-6-8-16(14)19/h9-10,12H,2-8,11H2,1H3. The Balaban J connectivity index is 1.95. The molecule has 1 aliphatic heterocycles. The van der Waals surface area contributed by atoms with Gasteiger partial charge in [-0.15, -0.1) is 0 Å². The summed E-state index contributed by atoms with van der Waals surface area (Å²) in [5.74, 6) is 0. The van der Waals surface area contributed by atoms with E-state index in [9.17, 15) is 0 Å². The fourth-order valence-electron chi connectivity index (χ4n) is 3.40. The van der Waals surface area contributed by atoms with Crippen LogP contribution < -0.4 is 0 Å². The molecule has 0 radical (unpaired) electrons. The summed E-state index contributed by atoms with van der Waals surface area (Å²) in [6.07, 6.45) is 9.09. The highest BCUT2D eigenvalue weighted by molar-refractivity contribution is 6.31. The summed E-state index contributed by atoms with van der Waals surface area (Å²) in [7, 11) is 0. The number of fused-ring (bicyclic) bond motifs is 3. The van der Waals surface area contributed by atoms with Crippen LogP contribution in [-0.4, -0.2) is 4.57 Å². The molecule has 0 spiro atoms. The monoisotopic (exact) mass is 275 g/mol. The van der Waals surface area contributed by atoms with Crippen LogP contribution in [0, 0.1) is 0 Å². The molecule has 0 saturated heterocycles. The summed E-state index contributed by atoms with van der Waals surface area (Å²) in [5.41, 5.74) is 4.54. The number of halogens is 1. The predicted molar refractivity (Wildman–Crippen MR) is 83.1 cm³/mol. The molecular formula is C17H22ClN. The maximum atomic E-state index is 6.19. The average molecular weight is 276 g/mol. The zero-order valence-corrected chi connectivity index (χ0v) is 12.5. The van der Waals surface area contributed by atoms with Gasteiger partial charge in [0.2, 0.25) is 0 Å². The van der Waals surface area contributed by atoms with Gasteiger partial charge in [0.1, 0.15) is 0 Å². The lowest BCUT2D eigenvalue weighted by atomic mass is 10.0. The normalized spacial score (nSPS) is 14.2. The minimum absolute atomic E-state index is 0.867. The zero-order valence-electron chi connectivity index (χ0n) is 11.7. The van der Waals surface area contributed by atoms with Gasteiger partial charge in [-0.05, 0) is 49.4 Å². The molecule has 0 amide bonds. The van der Waals surface area contributed by atoms with Crippen molar-refractivity contribution in [1.82, 2.24) is 4.57 Å². The van der Waals surface area contributed by atoms with Gasteiger partial charge in [-0.3, -0.25) is 0 Å². The van der Waals surface area contributed by atoms with Crippen molar-refractivity contribution in [2.45, 2.75) is 58.4 Å². The molecule has 2 heterocycles. The molecule has 1 aromatic heterocycles. The Morgan fingerprint density at radius 1 is 1.21 bits per heavy atom. The van der Waals surface area contributed by atoms with Crippen molar-refractivity contribution in [2.24, 2.45) is 0 Å². The Kier molecular flexibility index (Phi) is 3.83. The van der Waals surface area contributed by atoms with Gasteiger partial charge in [0.15, 0.2) is 0 Å². The van der Waals surface area contributed by atoms with Crippen molar-refractivity contribution in [2.75, 3.05) is 0 Å². The molecule has 2 heteroatoms. The van der Waals surface area contributed by atoms with Gasteiger partial charge in [-0.2, -0.15) is 0 Å². The van der Waals surface area contributed by atoms with Crippen LogP contribution in [0.25, 0.3) is 10.9 Å². The van der Waals surface area contributed by atoms with E-state index in [0.29, 0.717) is 0 Å². The molecular weight excluding hydrogens is 254 g/mol. The van der Waals surface area contributed by atoms with Crippen LogP contribution in [0.4, 0.5) is 0 Å². The number of benzene rings is 1. The lowest BCUT2D eigenvalue weighted by Crippen LogP contribution is -1.93. The molecule has 0 N–H and O–H groups in total. The minimum atomic E-state index is 0.867. The molecule has 102 valence electrons. The topological polar surface area (TPSA) is 4.93 Å². The summed E-state index contributed by atoms with van der Waals surface area (Å²) in [6.45, 7) is 3.45. The lowest BCUT2D eigenvalue weighted by molar-refractivity contribution is 0.665. The maximum absolute atomic E-state index is 6.19. The molecule has 0 atom stereocenters. The first kappa shape index (κ1) is 13.1. The van der Waals surface area contributed by atoms with E-state index in [0.717, 1.165) is 5.02 Å². The number of unbranched alkanes of at least 4 members (excludes halogenated alkanes) is 3. The van der Waals surface area contributed by atoms with Crippen molar-refractivity contribution in [3.63, 3.8) is 0 Å². The average Bonchev–Trinajstić information content (AvgIpc) is 2.96. The number of nitrogens with zero attached hydrogens (tertiary/aromatic N) is 1. The van der Waals surface area contributed by atoms with Gasteiger partial charge in [-0.1, -0.05) is 37.8 Å². The largest absolute Gasteiger partial charge is 0.344 e. The van der Waals surface area contributed by atoms with E-state index in [-0.39, 0.29) is 0 Å². The maximum Gasteiger partial charge on any atom is 0.0486 e. The Labute approximate surface area is 120 Å². The molecule has 2 aromatic rings. The van der Waals surface area contributed by atoms with Crippen LogP contribution in [-0.2, 0) is 19.4 Å². The van der Waals surface area contributed by atoms with Crippen molar-refractivity contribution >= 4 is 22.5 Å². The van der Waals surface area contributed by atoms with E-state index in [2.05, 4.69) is 23.6 Å². The molecule has 1 aromatic carbocycles. The first-order chi connectivity index (χ1) is 9.31. The van der Waals surface area contributed by atoms with E-state index in [1.165, 1.54) is 62.4 Å². The van der Waals surface area contributed by atoms with Gasteiger partial charge in [-0.25, -0.2) is 0 Å². The lowest BCUT2D eigenvalue weighted by Gasteiger charge is -2.03. The second kappa shape index (κ2) is 5.58. The minimum Gasteiger partial charge on any atom is -0.344 e. The molecule has 0 saturated carbocycles. The quantitative estimate of drug-likeness (QED) is 0.647. The van der Waals surface area contributed by atoms with Crippen molar-refractivity contribution in [3.8, 4) is 0 Å². The molecule has 0 fully saturated rings. The van der Waals surface area contributed by atoms with E-state index in [1.807, 2.05) is 6.07 Å². The third kappa shape index (κ3) is 2.41. The van der Waals surface area contributed by atoms with Crippen LogP contribution in [0.1, 0.15) is 50.3 Å². The molecule has 1 aliphatic rings. The zero-order chi connectivity index (χ0) is 13.2. The summed E-state index contributed by atoms with van der Waals surface area (Å²) < 4.78 is 2.51. The smallest absolute Gasteiger partial charge is 0.0486 e. The number of rotatable bonds is 5. The van der Waals surface area contributed by atoms with Crippen LogP contribution in [0.5, 0.6) is 0 Å². The Morgan fingerprint density at radius 2 is 2.11 bits per heavy atom.